The summed E-state index contributed by atoms with van der Waals surface area (Å²) in [6, 6.07) is 3.35. The van der Waals surface area contributed by atoms with Gasteiger partial charge in [0.1, 0.15) is 0 Å². The molecule has 0 aliphatic heterocycles. The maximum atomic E-state index is 10.8. The molecule has 1 aromatic carbocycles. The molecule has 1 unspecified atom stereocenters. The molecule has 0 amide bonds. The van der Waals surface area contributed by atoms with Gasteiger partial charge in [-0.2, -0.15) is 0 Å². The highest BCUT2D eigenvalue weighted by molar-refractivity contribution is 9.10. The normalized spacial score (nSPS) is 11.8. The molecule has 1 N–H and O–H groups in total. The van der Waals surface area contributed by atoms with Crippen molar-refractivity contribution in [2.45, 2.75) is 13.0 Å². The lowest BCUT2D eigenvalue weighted by Crippen LogP contribution is -2.23. The zero-order valence-electron chi connectivity index (χ0n) is 9.69. The predicted octanol–water partition coefficient (Wildman–Crippen LogP) is 2.32. The fourth-order valence-corrected chi connectivity index (χ4v) is 1.61. The molecule has 0 heterocycles. The van der Waals surface area contributed by atoms with Gasteiger partial charge in [0, 0.05) is 4.47 Å². The molecule has 0 spiro atoms. The van der Waals surface area contributed by atoms with E-state index in [1.54, 1.807) is 12.1 Å². The Bertz CT molecular complexity index is 393. The van der Waals surface area contributed by atoms with Crippen LogP contribution in [-0.4, -0.2) is 31.4 Å². The van der Waals surface area contributed by atoms with Gasteiger partial charge in [0.2, 0.25) is 5.75 Å². The van der Waals surface area contributed by atoms with E-state index in [1.165, 1.54) is 21.1 Å². The number of ether oxygens (including phenoxy) is 3. The lowest BCUT2D eigenvalue weighted by atomic mass is 10.3. The third-order valence-electron chi connectivity index (χ3n) is 2.07. The topological polar surface area (TPSA) is 65.0 Å². The minimum atomic E-state index is -1.06. The lowest BCUT2D eigenvalue weighted by Gasteiger charge is -2.17. The van der Waals surface area contributed by atoms with Crippen LogP contribution < -0.4 is 14.2 Å². The van der Waals surface area contributed by atoms with Crippen molar-refractivity contribution in [3.05, 3.63) is 16.6 Å². The smallest absolute Gasteiger partial charge is 0.344 e. The van der Waals surface area contributed by atoms with Crippen LogP contribution >= 0.6 is 15.9 Å². The van der Waals surface area contributed by atoms with Crippen molar-refractivity contribution in [3.8, 4) is 17.2 Å². The van der Waals surface area contributed by atoms with Crippen molar-refractivity contribution < 1.29 is 24.1 Å². The molecule has 0 aliphatic rings. The van der Waals surface area contributed by atoms with E-state index in [-0.39, 0.29) is 5.75 Å². The Balaban J connectivity index is 3.15. The zero-order chi connectivity index (χ0) is 13.0. The molecule has 0 radical (unpaired) electrons. The number of benzene rings is 1. The number of rotatable bonds is 5. The van der Waals surface area contributed by atoms with Crippen LogP contribution in [0.5, 0.6) is 17.2 Å². The highest BCUT2D eigenvalue weighted by atomic mass is 79.9. The van der Waals surface area contributed by atoms with Crippen LogP contribution in [0.25, 0.3) is 0 Å². The van der Waals surface area contributed by atoms with Gasteiger partial charge in [0.05, 0.1) is 14.2 Å². The van der Waals surface area contributed by atoms with Crippen molar-refractivity contribution in [3.63, 3.8) is 0 Å². The molecular formula is C11H13BrO5. The molecule has 0 aliphatic carbocycles. The third-order valence-corrected chi connectivity index (χ3v) is 2.53. The quantitative estimate of drug-likeness (QED) is 0.904. The number of hydrogen-bond acceptors (Lipinski definition) is 4. The summed E-state index contributed by atoms with van der Waals surface area (Å²) in [6.45, 7) is 1.43. The van der Waals surface area contributed by atoms with Gasteiger partial charge in [-0.05, 0) is 19.1 Å². The third kappa shape index (κ3) is 3.26. The van der Waals surface area contributed by atoms with Gasteiger partial charge in [-0.1, -0.05) is 15.9 Å². The summed E-state index contributed by atoms with van der Waals surface area (Å²) < 4.78 is 16.3. The number of aliphatic carboxylic acids is 1. The van der Waals surface area contributed by atoms with E-state index in [0.29, 0.717) is 11.5 Å². The Hall–Kier alpha value is -1.43. The number of halogens is 1. The molecule has 0 saturated heterocycles. The highest BCUT2D eigenvalue weighted by Gasteiger charge is 2.19. The molecule has 0 aromatic heterocycles. The van der Waals surface area contributed by atoms with E-state index in [9.17, 15) is 4.79 Å². The van der Waals surface area contributed by atoms with E-state index in [4.69, 9.17) is 19.3 Å². The Morgan fingerprint density at radius 2 is 1.76 bits per heavy atom. The van der Waals surface area contributed by atoms with E-state index in [2.05, 4.69) is 15.9 Å². The monoisotopic (exact) mass is 304 g/mol. The van der Waals surface area contributed by atoms with E-state index in [0.717, 1.165) is 4.47 Å². The first-order valence-electron chi connectivity index (χ1n) is 4.80. The molecule has 5 nitrogen and oxygen atoms in total. The average Bonchev–Trinajstić information content (AvgIpc) is 2.30. The van der Waals surface area contributed by atoms with Crippen LogP contribution in [0.2, 0.25) is 0 Å². The van der Waals surface area contributed by atoms with Gasteiger partial charge in [-0.15, -0.1) is 0 Å². The first-order valence-corrected chi connectivity index (χ1v) is 5.60. The first-order chi connectivity index (χ1) is 7.99. The van der Waals surface area contributed by atoms with Crippen molar-refractivity contribution in [2.75, 3.05) is 14.2 Å². The van der Waals surface area contributed by atoms with Crippen LogP contribution in [-0.2, 0) is 4.79 Å². The minimum Gasteiger partial charge on any atom is -0.493 e. The second-order valence-corrected chi connectivity index (χ2v) is 4.15. The van der Waals surface area contributed by atoms with Gasteiger partial charge >= 0.3 is 5.97 Å². The summed E-state index contributed by atoms with van der Waals surface area (Å²) in [5.41, 5.74) is 0. The summed E-state index contributed by atoms with van der Waals surface area (Å²) in [4.78, 5) is 10.8. The molecule has 0 fully saturated rings. The summed E-state index contributed by atoms with van der Waals surface area (Å²) in [5, 5.41) is 8.81. The Kier molecular flexibility index (Phi) is 4.62. The molecule has 0 bridgehead atoms. The first kappa shape index (κ1) is 13.6. The predicted molar refractivity (Wildman–Crippen MR) is 65.0 cm³/mol. The molecular weight excluding hydrogens is 292 g/mol. The Labute approximate surface area is 107 Å². The second kappa shape index (κ2) is 5.77. The molecule has 1 rings (SSSR count). The standard InChI is InChI=1S/C11H13BrO5/c1-6(11(13)14)17-10-8(15-2)4-7(12)5-9(10)16-3/h4-6H,1-3H3,(H,13,14). The largest absolute Gasteiger partial charge is 0.493 e. The molecule has 1 aromatic rings. The maximum absolute atomic E-state index is 10.8. The minimum absolute atomic E-state index is 0.271. The van der Waals surface area contributed by atoms with Crippen LogP contribution in [0.3, 0.4) is 0 Å². The van der Waals surface area contributed by atoms with Gasteiger partial charge in [-0.3, -0.25) is 0 Å². The zero-order valence-corrected chi connectivity index (χ0v) is 11.3. The van der Waals surface area contributed by atoms with Crippen molar-refractivity contribution in [1.82, 2.24) is 0 Å². The Morgan fingerprint density at radius 1 is 1.29 bits per heavy atom. The van der Waals surface area contributed by atoms with Crippen LogP contribution in [0.4, 0.5) is 0 Å². The average molecular weight is 305 g/mol. The highest BCUT2D eigenvalue weighted by Crippen LogP contribution is 2.40. The number of hydrogen-bond donors (Lipinski definition) is 1. The van der Waals surface area contributed by atoms with Crippen LogP contribution in [0, 0.1) is 0 Å². The van der Waals surface area contributed by atoms with Crippen LogP contribution in [0.1, 0.15) is 6.92 Å². The van der Waals surface area contributed by atoms with Crippen LogP contribution in [0.15, 0.2) is 16.6 Å². The molecule has 6 heteroatoms. The van der Waals surface area contributed by atoms with Gasteiger partial charge in [-0.25, -0.2) is 4.79 Å². The summed E-state index contributed by atoms with van der Waals surface area (Å²) in [5.74, 6) is 0.0266. The lowest BCUT2D eigenvalue weighted by molar-refractivity contribution is -0.144. The summed E-state index contributed by atoms with van der Waals surface area (Å²) >= 11 is 3.29. The fourth-order valence-electron chi connectivity index (χ4n) is 1.19. The molecule has 17 heavy (non-hydrogen) atoms. The SMILES string of the molecule is COc1cc(Br)cc(OC)c1OC(C)C(=O)O. The number of carbonyl (C=O) groups is 1. The molecule has 1 atom stereocenters. The molecule has 0 saturated carbocycles. The fraction of sp³-hybridized carbons (Fsp3) is 0.364. The maximum Gasteiger partial charge on any atom is 0.344 e. The van der Waals surface area contributed by atoms with E-state index >= 15 is 0 Å². The number of carboxylic acids is 1. The van der Waals surface area contributed by atoms with E-state index < -0.39 is 12.1 Å². The van der Waals surface area contributed by atoms with Gasteiger partial charge < -0.3 is 19.3 Å². The number of methoxy groups -OCH3 is 2. The molecule has 94 valence electrons. The summed E-state index contributed by atoms with van der Waals surface area (Å²) in [7, 11) is 2.94. The van der Waals surface area contributed by atoms with Gasteiger partial charge in [0.25, 0.3) is 0 Å². The number of carboxylic acid groups (broad SMARTS) is 1. The van der Waals surface area contributed by atoms with Gasteiger partial charge in [0.15, 0.2) is 17.6 Å². The summed E-state index contributed by atoms with van der Waals surface area (Å²) in [6.07, 6.45) is -0.987. The van der Waals surface area contributed by atoms with E-state index in [1.807, 2.05) is 0 Å². The van der Waals surface area contributed by atoms with Crippen molar-refractivity contribution in [1.29, 1.82) is 0 Å². The van der Waals surface area contributed by atoms with Crippen molar-refractivity contribution in [2.24, 2.45) is 0 Å². The van der Waals surface area contributed by atoms with Crippen molar-refractivity contribution >= 4 is 21.9 Å². The second-order valence-electron chi connectivity index (χ2n) is 3.24. The Morgan fingerprint density at radius 3 is 2.12 bits per heavy atom.